The van der Waals surface area contributed by atoms with E-state index in [1.165, 1.54) is 0 Å². The lowest BCUT2D eigenvalue weighted by Crippen LogP contribution is -2.28. The Labute approximate surface area is 72.4 Å². The quantitative estimate of drug-likeness (QED) is 0.458. The van der Waals surface area contributed by atoms with E-state index < -0.39 is 11.0 Å². The molecule has 0 aliphatic rings. The Kier molecular flexibility index (Phi) is 3.94. The van der Waals surface area contributed by atoms with Crippen LogP contribution in [0, 0.1) is 0 Å². The van der Waals surface area contributed by atoms with Crippen molar-refractivity contribution in [1.82, 2.24) is 0 Å². The van der Waals surface area contributed by atoms with Crippen LogP contribution in [-0.2, 0) is 0 Å². The molecule has 0 aliphatic carbocycles. The van der Waals surface area contributed by atoms with E-state index in [0.29, 0.717) is 0 Å². The molecule has 6 heteroatoms. The number of allylic oxidation sites excluding steroid dienone is 1. The van der Waals surface area contributed by atoms with Crippen LogP contribution in [0.2, 0.25) is 0 Å². The van der Waals surface area contributed by atoms with Gasteiger partial charge in [0.25, 0.3) is 0 Å². The van der Waals surface area contributed by atoms with Gasteiger partial charge in [-0.05, 0) is 0 Å². The van der Waals surface area contributed by atoms with E-state index >= 15 is 0 Å². The molecule has 0 bridgehead atoms. The van der Waals surface area contributed by atoms with Gasteiger partial charge in [0.1, 0.15) is 5.03 Å². The predicted molar refractivity (Wildman–Crippen MR) is 38.8 cm³/mol. The molecule has 0 fully saturated rings. The monoisotopic (exact) mass is 206 g/mol. The maximum Gasteiger partial charge on any atom is 0.316 e. The van der Waals surface area contributed by atoms with Crippen LogP contribution in [0.4, 0.5) is 0 Å². The molecule has 0 unspecified atom stereocenters. The second-order valence-electron chi connectivity index (χ2n) is 1.49. The molecule has 0 atom stereocenters. The molecule has 0 aliphatic heterocycles. The Balaban J connectivity index is 4.47. The molecule has 60 valence electrons. The van der Waals surface area contributed by atoms with Gasteiger partial charge in [0.05, 0.1) is 10.9 Å². The summed E-state index contributed by atoms with van der Waals surface area (Å²) in [4.78, 5) is 0. The normalized spacial score (nSPS) is 15.0. The van der Waals surface area contributed by atoms with E-state index in [4.69, 9.17) is 50.1 Å². The zero-order valence-corrected chi connectivity index (χ0v) is 6.95. The summed E-state index contributed by atoms with van der Waals surface area (Å²) in [5, 5.41) is 24.2. The van der Waals surface area contributed by atoms with Gasteiger partial charge in [-0.15, -0.1) is 11.6 Å². The maximum atomic E-state index is 8.37. The molecule has 0 aromatic rings. The molecule has 0 amide bonds. The highest BCUT2D eigenvalue weighted by Gasteiger charge is 2.26. The second-order valence-corrected chi connectivity index (χ2v) is 2.59. The maximum absolute atomic E-state index is 8.37. The SMILES string of the molecule is OC(O)(O)/C(Cl)=C(\Cl)CCl. The summed E-state index contributed by atoms with van der Waals surface area (Å²) in [6, 6.07) is 0. The number of alkyl halides is 1. The first-order chi connectivity index (χ1) is 4.39. The van der Waals surface area contributed by atoms with Gasteiger partial charge in [-0.2, -0.15) is 0 Å². The third-order valence-electron chi connectivity index (χ3n) is 0.650. The largest absolute Gasteiger partial charge is 0.339 e. The zero-order chi connectivity index (χ0) is 8.36. The van der Waals surface area contributed by atoms with Crippen molar-refractivity contribution in [3.8, 4) is 0 Å². The fourth-order valence-electron chi connectivity index (χ4n) is 0.241. The molecule has 0 saturated carbocycles. The molecule has 0 rings (SSSR count). The number of hydrogen-bond donors (Lipinski definition) is 3. The summed E-state index contributed by atoms with van der Waals surface area (Å²) in [7, 11) is 0. The molecule has 0 heterocycles. The number of rotatable bonds is 2. The van der Waals surface area contributed by atoms with Gasteiger partial charge >= 0.3 is 5.97 Å². The molecule has 0 aromatic carbocycles. The molecule has 0 spiro atoms. The first-order valence-electron chi connectivity index (χ1n) is 2.17. The second kappa shape index (κ2) is 3.76. The van der Waals surface area contributed by atoms with E-state index in [1.54, 1.807) is 0 Å². The van der Waals surface area contributed by atoms with Crippen molar-refractivity contribution < 1.29 is 15.3 Å². The molecular weight excluding hydrogens is 202 g/mol. The summed E-state index contributed by atoms with van der Waals surface area (Å²) in [5.74, 6) is -3.28. The lowest BCUT2D eigenvalue weighted by atomic mass is 10.4. The third-order valence-corrected chi connectivity index (χ3v) is 1.96. The summed E-state index contributed by atoms with van der Waals surface area (Å²) >= 11 is 15.5. The Morgan fingerprint density at radius 1 is 1.20 bits per heavy atom. The van der Waals surface area contributed by atoms with Crippen LogP contribution in [0.5, 0.6) is 0 Å². The van der Waals surface area contributed by atoms with Gasteiger partial charge in [-0.1, -0.05) is 23.2 Å². The molecule has 0 radical (unpaired) electrons. The fourth-order valence-corrected chi connectivity index (χ4v) is 0.636. The zero-order valence-electron chi connectivity index (χ0n) is 4.68. The van der Waals surface area contributed by atoms with Gasteiger partial charge in [0.15, 0.2) is 0 Å². The summed E-state index contributed by atoms with van der Waals surface area (Å²) in [6.45, 7) is 0. The van der Waals surface area contributed by atoms with Crippen LogP contribution in [0.15, 0.2) is 10.1 Å². The van der Waals surface area contributed by atoms with E-state index in [9.17, 15) is 0 Å². The molecule has 10 heavy (non-hydrogen) atoms. The van der Waals surface area contributed by atoms with Crippen LogP contribution in [0.1, 0.15) is 0 Å². The minimum Gasteiger partial charge on any atom is -0.339 e. The summed E-state index contributed by atoms with van der Waals surface area (Å²) in [5.41, 5.74) is 0. The standard InChI is InChI=1S/C4H5Cl3O3/c5-1-2(6)3(7)4(8,9)10/h8-10H,1H2/b3-2+. The lowest BCUT2D eigenvalue weighted by molar-refractivity contribution is -0.277. The Hall–Kier alpha value is 0.490. The Bertz CT molecular complexity index is 148. The highest BCUT2D eigenvalue weighted by molar-refractivity contribution is 6.42. The molecule has 3 N–H and O–H groups in total. The van der Waals surface area contributed by atoms with Crippen molar-refractivity contribution in [1.29, 1.82) is 0 Å². The lowest BCUT2D eigenvalue weighted by Gasteiger charge is -2.13. The van der Waals surface area contributed by atoms with Gasteiger partial charge in [0.2, 0.25) is 0 Å². The van der Waals surface area contributed by atoms with E-state index in [2.05, 4.69) is 0 Å². The number of aliphatic hydroxyl groups is 3. The van der Waals surface area contributed by atoms with Crippen LogP contribution in [-0.4, -0.2) is 27.2 Å². The topological polar surface area (TPSA) is 60.7 Å². The minimum atomic E-state index is -3.09. The molecule has 3 nitrogen and oxygen atoms in total. The van der Waals surface area contributed by atoms with Crippen LogP contribution in [0.3, 0.4) is 0 Å². The Morgan fingerprint density at radius 3 is 1.70 bits per heavy atom. The summed E-state index contributed by atoms with van der Waals surface area (Å²) < 4.78 is 0. The van der Waals surface area contributed by atoms with Gasteiger partial charge in [-0.3, -0.25) is 0 Å². The first kappa shape index (κ1) is 10.5. The van der Waals surface area contributed by atoms with E-state index in [1.807, 2.05) is 0 Å². The highest BCUT2D eigenvalue weighted by Crippen LogP contribution is 2.22. The van der Waals surface area contributed by atoms with Crippen molar-refractivity contribution in [2.45, 2.75) is 5.97 Å². The smallest absolute Gasteiger partial charge is 0.316 e. The number of hydrogen-bond acceptors (Lipinski definition) is 3. The van der Waals surface area contributed by atoms with Crippen LogP contribution >= 0.6 is 34.8 Å². The van der Waals surface area contributed by atoms with Crippen LogP contribution < -0.4 is 0 Å². The average molecular weight is 207 g/mol. The highest BCUT2D eigenvalue weighted by atomic mass is 35.5. The minimum absolute atomic E-state index is 0.191. The van der Waals surface area contributed by atoms with Crippen molar-refractivity contribution in [2.75, 3.05) is 5.88 Å². The van der Waals surface area contributed by atoms with Crippen molar-refractivity contribution >= 4 is 34.8 Å². The number of halogens is 3. The fraction of sp³-hybridized carbons (Fsp3) is 0.500. The summed E-state index contributed by atoms with van der Waals surface area (Å²) in [6.07, 6.45) is 0. The predicted octanol–water partition coefficient (Wildman–Crippen LogP) is 0.545. The molecule has 0 aromatic heterocycles. The average Bonchev–Trinajstić information content (AvgIpc) is 1.83. The first-order valence-corrected chi connectivity index (χ1v) is 3.46. The molecular formula is C4H5Cl3O3. The Morgan fingerprint density at radius 2 is 1.60 bits per heavy atom. The van der Waals surface area contributed by atoms with Gasteiger partial charge < -0.3 is 15.3 Å². The van der Waals surface area contributed by atoms with Gasteiger partial charge in [0, 0.05) is 0 Å². The third kappa shape index (κ3) is 3.05. The van der Waals surface area contributed by atoms with Crippen molar-refractivity contribution in [2.24, 2.45) is 0 Å². The van der Waals surface area contributed by atoms with Crippen molar-refractivity contribution in [3.05, 3.63) is 10.1 Å². The van der Waals surface area contributed by atoms with Gasteiger partial charge in [-0.25, -0.2) is 0 Å². The van der Waals surface area contributed by atoms with Crippen LogP contribution in [0.25, 0.3) is 0 Å². The molecule has 0 saturated heterocycles. The van der Waals surface area contributed by atoms with Crippen molar-refractivity contribution in [3.63, 3.8) is 0 Å². The van der Waals surface area contributed by atoms with E-state index in [-0.39, 0.29) is 10.9 Å². The van der Waals surface area contributed by atoms with E-state index in [0.717, 1.165) is 0 Å².